The van der Waals surface area contributed by atoms with Crippen molar-refractivity contribution in [2.24, 2.45) is 0 Å². The van der Waals surface area contributed by atoms with Crippen LogP contribution in [0.5, 0.6) is 0 Å². The summed E-state index contributed by atoms with van der Waals surface area (Å²) in [6, 6.07) is 6.69. The smallest absolute Gasteiger partial charge is 0.0105 e. The van der Waals surface area contributed by atoms with Crippen LogP contribution in [0.25, 0.3) is 0 Å². The summed E-state index contributed by atoms with van der Waals surface area (Å²) in [7, 11) is -0.675. The Balaban J connectivity index is 0. The van der Waals surface area contributed by atoms with E-state index in [1.807, 2.05) is 26.0 Å². The molecule has 1 atom stereocenters. The number of aryl methyl sites for hydroxylation is 2. The fourth-order valence-corrected chi connectivity index (χ4v) is 2.01. The van der Waals surface area contributed by atoms with E-state index >= 15 is 0 Å². The summed E-state index contributed by atoms with van der Waals surface area (Å²) < 4.78 is 24.0. The van der Waals surface area contributed by atoms with Gasteiger partial charge in [-0.3, -0.25) is 0 Å². The Morgan fingerprint density at radius 3 is 2.38 bits per heavy atom. The van der Waals surface area contributed by atoms with Crippen molar-refractivity contribution >= 4 is 16.4 Å². The van der Waals surface area contributed by atoms with E-state index in [-0.39, 0.29) is 59.5 Å². The summed E-state index contributed by atoms with van der Waals surface area (Å²) >= 11 is 0. The number of benzene rings is 1. The van der Waals surface area contributed by atoms with Gasteiger partial charge >= 0.3 is 0 Å². The van der Waals surface area contributed by atoms with Crippen molar-refractivity contribution < 1.29 is 62.6 Å². The van der Waals surface area contributed by atoms with E-state index < -0.39 is 16.9 Å². The van der Waals surface area contributed by atoms with Crippen molar-refractivity contribution in [1.29, 1.82) is 0 Å². The molecule has 0 saturated heterocycles. The molecule has 0 spiro atoms. The van der Waals surface area contributed by atoms with Crippen molar-refractivity contribution in [3.63, 3.8) is 0 Å². The van der Waals surface area contributed by atoms with Crippen LogP contribution >= 0.6 is 10.5 Å². The molecule has 0 aromatic heterocycles. The van der Waals surface area contributed by atoms with Crippen LogP contribution in [-0.4, -0.2) is 11.6 Å². The minimum absolute atomic E-state index is 0. The molecule has 0 bridgehead atoms. The third kappa shape index (κ3) is 6.14. The normalized spacial score (nSPS) is 11.6. The zero-order valence-electron chi connectivity index (χ0n) is 9.22. The van der Waals surface area contributed by atoms with E-state index in [0.717, 1.165) is 16.0 Å². The Bertz CT molecular complexity index is 356. The van der Waals surface area contributed by atoms with Gasteiger partial charge in [0.25, 0.3) is 0 Å². The fourth-order valence-electron chi connectivity index (χ4n) is 1.02. The van der Waals surface area contributed by atoms with Crippen LogP contribution < -0.4 is 0 Å². The fraction of sp³-hybridized carbons (Fsp3) is 0.273. The first-order chi connectivity index (χ1) is 6.50. The molecule has 0 saturated carbocycles. The number of halogens is 2. The molecule has 1 aromatic rings. The maximum Gasteiger partial charge on any atom is 0.0105 e. The third-order valence-corrected chi connectivity index (χ3v) is 3.42. The SMILES string of the molecule is C=S(C[C-](F)F)c1[c-]cc(C)c(C)c1.[W].[Y]. The van der Waals surface area contributed by atoms with Gasteiger partial charge in [-0.25, -0.2) is 10.5 Å². The second-order valence-electron chi connectivity index (χ2n) is 3.14. The third-order valence-electron chi connectivity index (χ3n) is 1.99. The van der Waals surface area contributed by atoms with Gasteiger partial charge in [-0.2, -0.15) is 29.3 Å². The van der Waals surface area contributed by atoms with Crippen LogP contribution in [0.4, 0.5) is 8.78 Å². The molecule has 0 heterocycles. The van der Waals surface area contributed by atoms with Crippen molar-refractivity contribution in [2.45, 2.75) is 18.7 Å². The first-order valence-electron chi connectivity index (χ1n) is 4.17. The van der Waals surface area contributed by atoms with Crippen LogP contribution in [-0.2, 0) is 53.8 Å². The van der Waals surface area contributed by atoms with E-state index in [1.54, 1.807) is 0 Å². The van der Waals surface area contributed by atoms with Crippen molar-refractivity contribution in [1.82, 2.24) is 0 Å². The molecule has 0 fully saturated rings. The molecule has 0 N–H and O–H groups in total. The van der Waals surface area contributed by atoms with Gasteiger partial charge in [-0.15, -0.1) is 4.90 Å². The molecule has 5 heteroatoms. The predicted molar refractivity (Wildman–Crippen MR) is 58.1 cm³/mol. The molecular weight excluding hydrogens is 475 g/mol. The molecule has 0 aliphatic carbocycles. The standard InChI is InChI=1S/C11H12F2S.W.Y/c1-8-4-5-10(6-9(8)2)14(3)7-11(12)13;;/h4,6H,3,7H2,1-2H3;;/q-2;;. The van der Waals surface area contributed by atoms with Gasteiger partial charge in [0.15, 0.2) is 0 Å². The van der Waals surface area contributed by atoms with E-state index in [4.69, 9.17) is 0 Å². The molecule has 0 aliphatic heterocycles. The maximum atomic E-state index is 12.0. The quantitative estimate of drug-likeness (QED) is 0.452. The van der Waals surface area contributed by atoms with Crippen LogP contribution in [0.1, 0.15) is 11.1 Å². The summed E-state index contributed by atoms with van der Waals surface area (Å²) in [6.45, 7) is 3.93. The van der Waals surface area contributed by atoms with Gasteiger partial charge < -0.3 is 8.78 Å². The first kappa shape index (κ1) is 19.4. The zero-order chi connectivity index (χ0) is 10.7. The summed E-state index contributed by atoms with van der Waals surface area (Å²) in [6.07, 6.45) is -1.56. The van der Waals surface area contributed by atoms with Gasteiger partial charge in [0.1, 0.15) is 0 Å². The van der Waals surface area contributed by atoms with E-state index in [1.165, 1.54) is 0 Å². The molecule has 0 aliphatic rings. The Labute approximate surface area is 138 Å². The summed E-state index contributed by atoms with van der Waals surface area (Å²) in [5, 5.41) is 0. The van der Waals surface area contributed by atoms with Gasteiger partial charge in [-0.05, 0) is 0 Å². The Hall–Kier alpha value is 1.09. The van der Waals surface area contributed by atoms with Gasteiger partial charge in [0.2, 0.25) is 0 Å². The largest absolute Gasteiger partial charge is 0.420 e. The molecule has 1 aromatic carbocycles. The second kappa shape index (κ2) is 9.08. The molecule has 1 unspecified atom stereocenters. The summed E-state index contributed by atoms with van der Waals surface area (Å²) in [5.41, 5.74) is 2.22. The van der Waals surface area contributed by atoms with Crippen LogP contribution in [0.15, 0.2) is 17.0 Å². The predicted octanol–water partition coefficient (Wildman–Crippen LogP) is 3.59. The average molecular weight is 487 g/mol. The minimum Gasteiger partial charge on any atom is -0.420 e. The molecule has 0 nitrogen and oxygen atoms in total. The van der Waals surface area contributed by atoms with Crippen LogP contribution in [0.2, 0.25) is 0 Å². The summed E-state index contributed by atoms with van der Waals surface area (Å²) in [5.74, 6) is 3.46. The van der Waals surface area contributed by atoms with Gasteiger partial charge in [0.05, 0.1) is 0 Å². The first-order valence-corrected chi connectivity index (χ1v) is 5.73. The molecule has 1 radical (unpaired) electrons. The topological polar surface area (TPSA) is 0 Å². The molecule has 0 amide bonds. The van der Waals surface area contributed by atoms with Gasteiger partial charge in [0, 0.05) is 60.2 Å². The Kier molecular flexibility index (Phi) is 11.0. The van der Waals surface area contributed by atoms with Crippen LogP contribution in [0.3, 0.4) is 0 Å². The zero-order valence-corrected chi connectivity index (χ0v) is 15.8. The molecule has 1 rings (SSSR count). The van der Waals surface area contributed by atoms with Gasteiger partial charge in [-0.1, -0.05) is 25.5 Å². The summed E-state index contributed by atoms with van der Waals surface area (Å²) in [4.78, 5) is 0.779. The number of hydrogen-bond acceptors (Lipinski definition) is 0. The Morgan fingerprint density at radius 1 is 1.38 bits per heavy atom. The van der Waals surface area contributed by atoms with E-state index in [9.17, 15) is 8.78 Å². The van der Waals surface area contributed by atoms with Crippen molar-refractivity contribution in [2.75, 3.05) is 5.75 Å². The maximum absolute atomic E-state index is 12.0. The van der Waals surface area contributed by atoms with Crippen molar-refractivity contribution in [3.05, 3.63) is 35.8 Å². The average Bonchev–Trinajstić information content (AvgIpc) is 2.08. The second-order valence-corrected chi connectivity index (χ2v) is 4.85. The number of hydrogen-bond donors (Lipinski definition) is 0. The van der Waals surface area contributed by atoms with Crippen molar-refractivity contribution in [3.8, 4) is 0 Å². The van der Waals surface area contributed by atoms with Crippen LogP contribution in [0, 0.1) is 26.3 Å². The molecule has 87 valence electrons. The molecular formula is C11H12F2SWY-2. The monoisotopic (exact) mass is 487 g/mol. The van der Waals surface area contributed by atoms with E-state index in [0.29, 0.717) is 0 Å². The minimum atomic E-state index is -1.56. The van der Waals surface area contributed by atoms with E-state index in [2.05, 4.69) is 11.9 Å². The molecule has 16 heavy (non-hydrogen) atoms. The number of rotatable bonds is 3. The Morgan fingerprint density at radius 2 is 1.94 bits per heavy atom.